The number of hydrogen-bond donors (Lipinski definition) is 0. The summed E-state index contributed by atoms with van der Waals surface area (Å²) in [4.78, 5) is 28.5. The fourth-order valence-corrected chi connectivity index (χ4v) is 4.16. The summed E-state index contributed by atoms with van der Waals surface area (Å²) < 4.78 is 22.7. The SMILES string of the molecule is CCC(=O)COCc1ccc(Oc2cccc(CC(C)C(=O)COCCOc3ccc(-c4ccccc4)nc3)c2)cc1. The van der Waals surface area contributed by atoms with Gasteiger partial charge in [0.05, 0.1) is 25.1 Å². The van der Waals surface area contributed by atoms with Crippen LogP contribution in [-0.4, -0.2) is 43.0 Å². The second kappa shape index (κ2) is 16.2. The lowest BCUT2D eigenvalue weighted by molar-refractivity contribution is -0.127. The highest BCUT2D eigenvalue weighted by Gasteiger charge is 2.14. The normalized spacial score (nSPS) is 11.6. The van der Waals surface area contributed by atoms with E-state index in [1.54, 1.807) is 6.20 Å². The molecule has 0 saturated heterocycles. The minimum Gasteiger partial charge on any atom is -0.490 e. The van der Waals surface area contributed by atoms with Crippen LogP contribution in [0.1, 0.15) is 31.4 Å². The number of pyridine rings is 1. The Bertz CT molecular complexity index is 1400. The molecule has 7 nitrogen and oxygen atoms in total. The predicted molar refractivity (Wildman–Crippen MR) is 162 cm³/mol. The molecule has 0 bridgehead atoms. The number of aromatic nitrogens is 1. The van der Waals surface area contributed by atoms with Gasteiger partial charge in [-0.2, -0.15) is 0 Å². The predicted octanol–water partition coefficient (Wildman–Crippen LogP) is 6.88. The maximum Gasteiger partial charge on any atom is 0.161 e. The number of ketones is 2. The molecule has 0 aliphatic heterocycles. The monoisotopic (exact) mass is 567 g/mol. The lowest BCUT2D eigenvalue weighted by Gasteiger charge is -2.13. The van der Waals surface area contributed by atoms with Crippen LogP contribution >= 0.6 is 0 Å². The number of ether oxygens (including phenoxy) is 4. The highest BCUT2D eigenvalue weighted by atomic mass is 16.5. The Kier molecular flexibility index (Phi) is 11.8. The Morgan fingerprint density at radius 2 is 1.55 bits per heavy atom. The van der Waals surface area contributed by atoms with Crippen LogP contribution in [0, 0.1) is 5.92 Å². The van der Waals surface area contributed by atoms with Crippen molar-refractivity contribution in [2.24, 2.45) is 5.92 Å². The number of carbonyl (C=O) groups excluding carboxylic acids is 2. The molecule has 4 aromatic rings. The summed E-state index contributed by atoms with van der Waals surface area (Å²) in [5, 5.41) is 0. The van der Waals surface area contributed by atoms with Crippen LogP contribution in [0.2, 0.25) is 0 Å². The number of nitrogens with zero attached hydrogens (tertiary/aromatic N) is 1. The lowest BCUT2D eigenvalue weighted by atomic mass is 9.97. The fraction of sp³-hybridized carbons (Fsp3) is 0.286. The van der Waals surface area contributed by atoms with E-state index in [-0.39, 0.29) is 30.7 Å². The third-order valence-electron chi connectivity index (χ3n) is 6.62. The molecule has 0 spiro atoms. The first-order valence-corrected chi connectivity index (χ1v) is 14.2. The summed E-state index contributed by atoms with van der Waals surface area (Å²) in [5.74, 6) is 1.98. The Morgan fingerprint density at radius 3 is 2.29 bits per heavy atom. The summed E-state index contributed by atoms with van der Waals surface area (Å²) in [6, 6.07) is 29.1. The van der Waals surface area contributed by atoms with E-state index in [2.05, 4.69) is 4.98 Å². The molecule has 0 radical (unpaired) electrons. The van der Waals surface area contributed by atoms with Crippen molar-refractivity contribution in [2.75, 3.05) is 26.4 Å². The van der Waals surface area contributed by atoms with Gasteiger partial charge in [0, 0.05) is 17.9 Å². The molecule has 218 valence electrons. The van der Waals surface area contributed by atoms with Crippen LogP contribution in [0.15, 0.2) is 97.2 Å². The summed E-state index contributed by atoms with van der Waals surface area (Å²) in [7, 11) is 0. The van der Waals surface area contributed by atoms with E-state index >= 15 is 0 Å². The highest BCUT2D eigenvalue weighted by molar-refractivity contribution is 5.82. The third kappa shape index (κ3) is 9.94. The average molecular weight is 568 g/mol. The molecule has 1 unspecified atom stereocenters. The Morgan fingerprint density at radius 1 is 0.762 bits per heavy atom. The van der Waals surface area contributed by atoms with E-state index in [1.807, 2.05) is 105 Å². The van der Waals surface area contributed by atoms with E-state index in [1.165, 1.54) is 0 Å². The van der Waals surface area contributed by atoms with Gasteiger partial charge in [0.2, 0.25) is 0 Å². The lowest BCUT2D eigenvalue weighted by Crippen LogP contribution is -2.21. The Balaban J connectivity index is 1.15. The van der Waals surface area contributed by atoms with Crippen LogP contribution in [0.3, 0.4) is 0 Å². The maximum absolute atomic E-state index is 12.7. The molecular weight excluding hydrogens is 530 g/mol. The second-order valence-electron chi connectivity index (χ2n) is 10.00. The molecule has 0 aliphatic carbocycles. The number of carbonyl (C=O) groups is 2. The second-order valence-corrected chi connectivity index (χ2v) is 10.00. The summed E-state index contributed by atoms with van der Waals surface area (Å²) in [6.45, 7) is 4.92. The van der Waals surface area contributed by atoms with Crippen LogP contribution in [0.4, 0.5) is 0 Å². The zero-order valence-corrected chi connectivity index (χ0v) is 24.2. The van der Waals surface area contributed by atoms with Gasteiger partial charge in [-0.1, -0.05) is 68.4 Å². The van der Waals surface area contributed by atoms with Crippen LogP contribution in [0.25, 0.3) is 11.3 Å². The minimum atomic E-state index is -0.199. The fourth-order valence-electron chi connectivity index (χ4n) is 4.16. The zero-order chi connectivity index (χ0) is 29.6. The van der Waals surface area contributed by atoms with Gasteiger partial charge in [-0.15, -0.1) is 0 Å². The van der Waals surface area contributed by atoms with Gasteiger partial charge in [-0.3, -0.25) is 14.6 Å². The molecule has 1 aromatic heterocycles. The first-order valence-electron chi connectivity index (χ1n) is 14.2. The average Bonchev–Trinajstić information content (AvgIpc) is 3.02. The molecule has 7 heteroatoms. The van der Waals surface area contributed by atoms with Gasteiger partial charge in [0.25, 0.3) is 0 Å². The molecule has 0 amide bonds. The topological polar surface area (TPSA) is 84.0 Å². The molecule has 0 aliphatic rings. The summed E-state index contributed by atoms with van der Waals surface area (Å²) >= 11 is 0. The molecule has 3 aromatic carbocycles. The molecule has 1 atom stereocenters. The standard InChI is InChI=1S/C35H37NO6/c1-3-30(37)24-40-23-27-12-14-31(15-13-27)42-32-11-7-8-28(21-32)20-26(2)35(38)25-39-18-19-41-33-16-17-34(36-22-33)29-9-5-4-6-10-29/h4-17,21-22,26H,3,18-20,23-25H2,1-2H3. The van der Waals surface area contributed by atoms with E-state index in [4.69, 9.17) is 18.9 Å². The van der Waals surface area contributed by atoms with Crippen molar-refractivity contribution in [1.29, 1.82) is 0 Å². The van der Waals surface area contributed by atoms with Crippen molar-refractivity contribution in [1.82, 2.24) is 4.98 Å². The highest BCUT2D eigenvalue weighted by Crippen LogP contribution is 2.24. The Hall–Kier alpha value is -4.33. The van der Waals surface area contributed by atoms with E-state index < -0.39 is 0 Å². The van der Waals surface area contributed by atoms with Gasteiger partial charge in [-0.25, -0.2) is 0 Å². The number of hydrogen-bond acceptors (Lipinski definition) is 7. The van der Waals surface area contributed by atoms with Crippen LogP contribution in [0.5, 0.6) is 17.2 Å². The van der Waals surface area contributed by atoms with E-state index in [9.17, 15) is 9.59 Å². The molecular formula is C35H37NO6. The van der Waals surface area contributed by atoms with Crippen molar-refractivity contribution in [3.05, 3.63) is 108 Å². The van der Waals surface area contributed by atoms with Crippen molar-refractivity contribution < 1.29 is 28.5 Å². The van der Waals surface area contributed by atoms with Gasteiger partial charge in [-0.05, 0) is 53.9 Å². The van der Waals surface area contributed by atoms with E-state index in [0.717, 1.165) is 22.4 Å². The van der Waals surface area contributed by atoms with E-state index in [0.29, 0.717) is 49.9 Å². The number of rotatable bonds is 17. The van der Waals surface area contributed by atoms with Gasteiger partial charge < -0.3 is 18.9 Å². The van der Waals surface area contributed by atoms with Crippen LogP contribution < -0.4 is 9.47 Å². The molecule has 1 heterocycles. The van der Waals surface area contributed by atoms with Crippen molar-refractivity contribution in [3.8, 4) is 28.5 Å². The van der Waals surface area contributed by atoms with Crippen molar-refractivity contribution in [2.45, 2.75) is 33.3 Å². The number of benzene rings is 3. The quantitative estimate of drug-likeness (QED) is 0.129. The summed E-state index contributed by atoms with van der Waals surface area (Å²) in [5.41, 5.74) is 3.91. The molecule has 42 heavy (non-hydrogen) atoms. The largest absolute Gasteiger partial charge is 0.490 e. The number of Topliss-reactive ketones (excluding diaryl/α,β-unsaturated/α-hetero) is 2. The molecule has 0 fully saturated rings. The molecule has 0 saturated carbocycles. The van der Waals surface area contributed by atoms with Crippen LogP contribution in [-0.2, 0) is 32.1 Å². The molecule has 0 N–H and O–H groups in total. The van der Waals surface area contributed by atoms with Crippen molar-refractivity contribution >= 4 is 11.6 Å². The maximum atomic E-state index is 12.7. The smallest absolute Gasteiger partial charge is 0.161 e. The van der Waals surface area contributed by atoms with Crippen molar-refractivity contribution in [3.63, 3.8) is 0 Å². The van der Waals surface area contributed by atoms with Gasteiger partial charge >= 0.3 is 0 Å². The van der Waals surface area contributed by atoms with Gasteiger partial charge in [0.15, 0.2) is 11.6 Å². The molecule has 4 rings (SSSR count). The first kappa shape index (κ1) is 30.6. The first-order chi connectivity index (χ1) is 20.5. The third-order valence-corrected chi connectivity index (χ3v) is 6.62. The van der Waals surface area contributed by atoms with Gasteiger partial charge in [0.1, 0.15) is 37.1 Å². The Labute approximate surface area is 247 Å². The zero-order valence-electron chi connectivity index (χ0n) is 24.2. The minimum absolute atomic E-state index is 0.0358. The summed E-state index contributed by atoms with van der Waals surface area (Å²) in [6.07, 6.45) is 2.76.